The van der Waals surface area contributed by atoms with Crippen molar-refractivity contribution in [2.24, 2.45) is 5.92 Å². The summed E-state index contributed by atoms with van der Waals surface area (Å²) >= 11 is 0. The number of benzene rings is 1. The van der Waals surface area contributed by atoms with E-state index in [0.717, 1.165) is 38.5 Å². The van der Waals surface area contributed by atoms with Crippen LogP contribution in [0.2, 0.25) is 0 Å². The summed E-state index contributed by atoms with van der Waals surface area (Å²) in [5.74, 6) is -0.423. The first-order chi connectivity index (χ1) is 16.1. The van der Waals surface area contributed by atoms with Gasteiger partial charge in [-0.15, -0.1) is 0 Å². The molecule has 1 aromatic heterocycles. The van der Waals surface area contributed by atoms with E-state index in [1.165, 1.54) is 18.2 Å². The number of amides is 1. The zero-order valence-electron chi connectivity index (χ0n) is 18.5. The minimum absolute atomic E-state index is 0.0720. The summed E-state index contributed by atoms with van der Waals surface area (Å²) in [5.41, 5.74) is -0.279. The summed E-state index contributed by atoms with van der Waals surface area (Å²) in [7, 11) is -3.53. The molecule has 1 amide bonds. The Morgan fingerprint density at radius 1 is 1.06 bits per heavy atom. The summed E-state index contributed by atoms with van der Waals surface area (Å²) in [4.78, 5) is 25.3. The Balaban J connectivity index is 0.000000751. The zero-order valence-corrected chi connectivity index (χ0v) is 19.3. The number of pyridine rings is 1. The summed E-state index contributed by atoms with van der Waals surface area (Å²) < 4.78 is 26.1. The van der Waals surface area contributed by atoms with Crippen LogP contribution in [0, 0.1) is 17.2 Å². The number of rotatable bonds is 5. The van der Waals surface area contributed by atoms with Crippen LogP contribution < -0.4 is 5.32 Å². The van der Waals surface area contributed by atoms with Gasteiger partial charge in [0.05, 0.1) is 10.1 Å². The maximum atomic E-state index is 13.0. The molecule has 0 unspecified atom stereocenters. The highest BCUT2D eigenvalue weighted by Gasteiger charge is 2.30. The maximum absolute atomic E-state index is 13.0. The summed E-state index contributed by atoms with van der Waals surface area (Å²) in [6.45, 7) is 0.512. The predicted octanol–water partition coefficient (Wildman–Crippen LogP) is 3.67. The van der Waals surface area contributed by atoms with Crippen LogP contribution >= 0.6 is 0 Å². The topological polar surface area (TPSA) is 178 Å². The van der Waals surface area contributed by atoms with Gasteiger partial charge in [-0.3, -0.25) is 4.79 Å². The summed E-state index contributed by atoms with van der Waals surface area (Å²) in [6.07, 6.45) is 5.56. The fourth-order valence-electron chi connectivity index (χ4n) is 4.28. The second-order valence-electron chi connectivity index (χ2n) is 8.57. The Hall–Kier alpha value is -3.39. The molecule has 10 nitrogen and oxygen atoms in total. The number of carbonyl (C=O) groups excluding carboxylic acids is 1. The Morgan fingerprint density at radius 3 is 2.26 bits per heavy atom. The van der Waals surface area contributed by atoms with Gasteiger partial charge in [0.2, 0.25) is 0 Å². The smallest absolute Gasteiger partial charge is 0.503 e. The van der Waals surface area contributed by atoms with Gasteiger partial charge in [-0.1, -0.05) is 25.7 Å². The molecule has 0 saturated heterocycles. The number of aromatic hydroxyl groups is 1. The third-order valence-corrected chi connectivity index (χ3v) is 8.63. The van der Waals surface area contributed by atoms with Gasteiger partial charge in [0.25, 0.3) is 5.91 Å². The quantitative estimate of drug-likeness (QED) is 0.487. The van der Waals surface area contributed by atoms with Gasteiger partial charge in [0, 0.05) is 17.3 Å². The second kappa shape index (κ2) is 10.7. The first-order valence-corrected chi connectivity index (χ1v) is 12.7. The summed E-state index contributed by atoms with van der Waals surface area (Å²) in [6, 6.07) is 6.26. The number of sulfone groups is 1. The Labute approximate surface area is 197 Å². The van der Waals surface area contributed by atoms with Crippen molar-refractivity contribution >= 4 is 32.7 Å². The molecule has 4 N–H and O–H groups in total. The number of hydrogen-bond donors (Lipinski definition) is 4. The standard InChI is InChI=1S/C22H25N3O4S.CH2O3/c23-12-19-18-11-16(30(28,29)15-7-2-1-3-8-15)9-10-17(18)21(26)20(25-19)22(27)24-13-14-5-4-6-14;2-1(3)4/h9-11,14-15,26H,1-8,13H2,(H,24,27);(H2,2,3,4). The molecule has 0 aliphatic heterocycles. The fraction of sp³-hybridized carbons (Fsp3) is 0.478. The molecule has 0 radical (unpaired) electrons. The molecule has 4 rings (SSSR count). The van der Waals surface area contributed by atoms with Crippen molar-refractivity contribution in [2.75, 3.05) is 6.54 Å². The van der Waals surface area contributed by atoms with E-state index in [9.17, 15) is 23.6 Å². The molecule has 2 fully saturated rings. The lowest BCUT2D eigenvalue weighted by atomic mass is 9.85. The van der Waals surface area contributed by atoms with Crippen molar-refractivity contribution in [1.82, 2.24) is 10.3 Å². The highest BCUT2D eigenvalue weighted by atomic mass is 32.2. The van der Waals surface area contributed by atoms with Crippen molar-refractivity contribution < 1.29 is 33.3 Å². The molecule has 2 aliphatic rings. The van der Waals surface area contributed by atoms with E-state index in [1.54, 1.807) is 0 Å². The number of carboxylic acid groups (broad SMARTS) is 2. The van der Waals surface area contributed by atoms with Gasteiger partial charge in [0.15, 0.2) is 21.3 Å². The maximum Gasteiger partial charge on any atom is 0.503 e. The molecule has 2 aliphatic carbocycles. The fourth-order valence-corrected chi connectivity index (χ4v) is 6.16. The molecule has 0 spiro atoms. The van der Waals surface area contributed by atoms with Crippen LogP contribution in [0.3, 0.4) is 0 Å². The van der Waals surface area contributed by atoms with Crippen molar-refractivity contribution in [3.05, 3.63) is 29.6 Å². The van der Waals surface area contributed by atoms with Crippen molar-refractivity contribution in [2.45, 2.75) is 61.5 Å². The third kappa shape index (κ3) is 5.56. The van der Waals surface area contributed by atoms with Gasteiger partial charge in [-0.25, -0.2) is 18.2 Å². The number of nitrogens with zero attached hydrogens (tertiary/aromatic N) is 2. The molecule has 2 saturated carbocycles. The minimum atomic E-state index is -3.53. The Morgan fingerprint density at radius 2 is 1.71 bits per heavy atom. The molecule has 11 heteroatoms. The Kier molecular flexibility index (Phi) is 7.94. The van der Waals surface area contributed by atoms with Crippen LogP contribution in [0.25, 0.3) is 10.8 Å². The minimum Gasteiger partial charge on any atom is -0.505 e. The van der Waals surface area contributed by atoms with E-state index < -0.39 is 27.1 Å². The largest absolute Gasteiger partial charge is 0.505 e. The van der Waals surface area contributed by atoms with E-state index in [4.69, 9.17) is 15.0 Å². The molecule has 2 aromatic rings. The van der Waals surface area contributed by atoms with E-state index >= 15 is 0 Å². The zero-order chi connectivity index (χ0) is 24.9. The number of carbonyl (C=O) groups is 2. The molecular formula is C23H27N3O7S. The SMILES string of the molecule is N#Cc1nc(C(=O)NCC2CCC2)c(O)c2ccc(S(=O)(=O)C3CCCCC3)cc12.O=C(O)O. The lowest BCUT2D eigenvalue weighted by Gasteiger charge is -2.25. The number of aromatic nitrogens is 1. The number of fused-ring (bicyclic) bond motifs is 1. The van der Waals surface area contributed by atoms with E-state index in [1.807, 2.05) is 6.07 Å². The predicted molar refractivity (Wildman–Crippen MR) is 123 cm³/mol. The molecule has 1 aromatic carbocycles. The first kappa shape index (κ1) is 25.2. The Bertz CT molecular complexity index is 1220. The van der Waals surface area contributed by atoms with Crippen molar-refractivity contribution in [3.8, 4) is 11.8 Å². The normalized spacial score (nSPS) is 16.6. The van der Waals surface area contributed by atoms with Crippen LogP contribution in [0.1, 0.15) is 67.5 Å². The second-order valence-corrected chi connectivity index (χ2v) is 10.8. The van der Waals surface area contributed by atoms with Crippen molar-refractivity contribution in [1.29, 1.82) is 5.26 Å². The van der Waals surface area contributed by atoms with Gasteiger partial charge >= 0.3 is 6.16 Å². The van der Waals surface area contributed by atoms with Gasteiger partial charge < -0.3 is 20.6 Å². The van der Waals surface area contributed by atoms with Crippen molar-refractivity contribution in [3.63, 3.8) is 0 Å². The van der Waals surface area contributed by atoms with E-state index in [2.05, 4.69) is 10.3 Å². The monoisotopic (exact) mass is 489 g/mol. The van der Waals surface area contributed by atoms with Gasteiger partial charge in [-0.05, 0) is 49.8 Å². The van der Waals surface area contributed by atoms with Crippen LogP contribution in [-0.2, 0) is 9.84 Å². The number of hydrogen-bond acceptors (Lipinski definition) is 7. The highest BCUT2D eigenvalue weighted by Crippen LogP contribution is 2.34. The third-order valence-electron chi connectivity index (χ3n) is 6.37. The molecule has 182 valence electrons. The molecule has 34 heavy (non-hydrogen) atoms. The number of nitriles is 1. The van der Waals surface area contributed by atoms with E-state index in [-0.39, 0.29) is 32.8 Å². The van der Waals surface area contributed by atoms with Crippen LogP contribution in [-0.4, -0.2) is 52.6 Å². The first-order valence-electron chi connectivity index (χ1n) is 11.2. The molecule has 1 heterocycles. The average molecular weight is 490 g/mol. The van der Waals surface area contributed by atoms with E-state index in [0.29, 0.717) is 25.3 Å². The summed E-state index contributed by atoms with van der Waals surface area (Å²) in [5, 5.41) is 37.0. The molecular weight excluding hydrogens is 462 g/mol. The molecule has 0 bridgehead atoms. The molecule has 0 atom stereocenters. The lowest BCUT2D eigenvalue weighted by molar-refractivity contribution is 0.0931. The van der Waals surface area contributed by atoms with Crippen LogP contribution in [0.4, 0.5) is 4.79 Å². The van der Waals surface area contributed by atoms with Gasteiger partial charge in [-0.2, -0.15) is 5.26 Å². The van der Waals surface area contributed by atoms with Crippen LogP contribution in [0.15, 0.2) is 23.1 Å². The number of nitrogens with one attached hydrogen (secondary N) is 1. The van der Waals surface area contributed by atoms with Gasteiger partial charge in [0.1, 0.15) is 11.8 Å². The van der Waals surface area contributed by atoms with Crippen LogP contribution in [0.5, 0.6) is 5.75 Å². The highest BCUT2D eigenvalue weighted by molar-refractivity contribution is 7.92. The lowest BCUT2D eigenvalue weighted by Crippen LogP contribution is -2.32. The average Bonchev–Trinajstić information content (AvgIpc) is 2.78.